The molecular weight excluding hydrogens is 408 g/mol. The fourth-order valence-electron chi connectivity index (χ4n) is 4.12. The molecule has 31 heavy (non-hydrogen) atoms. The maximum atomic E-state index is 12.8. The van der Waals surface area contributed by atoms with Gasteiger partial charge in [-0.15, -0.1) is 0 Å². The summed E-state index contributed by atoms with van der Waals surface area (Å²) >= 11 is 0. The molecule has 1 N–H and O–H groups in total. The van der Waals surface area contributed by atoms with Crippen molar-refractivity contribution in [1.29, 1.82) is 0 Å². The second-order valence-electron chi connectivity index (χ2n) is 7.17. The average molecular weight is 430 g/mol. The van der Waals surface area contributed by atoms with Gasteiger partial charge >= 0.3 is 11.9 Å². The first-order valence-corrected chi connectivity index (χ1v) is 9.46. The second-order valence-corrected chi connectivity index (χ2v) is 7.17. The Morgan fingerprint density at radius 3 is 1.84 bits per heavy atom. The van der Waals surface area contributed by atoms with Crippen LogP contribution in [0.1, 0.15) is 23.3 Å². The third kappa shape index (κ3) is 3.04. The number of carbonyl (C=O) groups is 2. The molecule has 0 aliphatic carbocycles. The van der Waals surface area contributed by atoms with Crippen LogP contribution < -0.4 is 18.9 Å². The highest BCUT2D eigenvalue weighted by molar-refractivity contribution is 5.95. The Labute approximate surface area is 178 Å². The number of hydrogen-bond acceptors (Lipinski definition) is 9. The van der Waals surface area contributed by atoms with Crippen molar-refractivity contribution in [2.75, 3.05) is 28.4 Å². The molecule has 9 heteroatoms. The van der Waals surface area contributed by atoms with E-state index in [1.165, 1.54) is 28.4 Å². The summed E-state index contributed by atoms with van der Waals surface area (Å²) in [4.78, 5) is 25.6. The molecule has 164 valence electrons. The van der Waals surface area contributed by atoms with Crippen LogP contribution in [0.5, 0.6) is 23.0 Å². The third-order valence-corrected chi connectivity index (χ3v) is 5.67. The predicted molar refractivity (Wildman–Crippen MR) is 105 cm³/mol. The van der Waals surface area contributed by atoms with Crippen molar-refractivity contribution in [3.8, 4) is 23.0 Å². The molecule has 4 rings (SSSR count). The van der Waals surface area contributed by atoms with E-state index in [1.54, 1.807) is 36.4 Å². The van der Waals surface area contributed by atoms with Gasteiger partial charge in [0.2, 0.25) is 5.60 Å². The summed E-state index contributed by atoms with van der Waals surface area (Å²) in [6.07, 6.45) is -2.31. The molecule has 2 aliphatic rings. The fraction of sp³-hybridized carbons (Fsp3) is 0.364. The van der Waals surface area contributed by atoms with Crippen molar-refractivity contribution in [2.45, 2.75) is 17.8 Å². The van der Waals surface area contributed by atoms with E-state index in [2.05, 4.69) is 0 Å². The van der Waals surface area contributed by atoms with Gasteiger partial charge in [0.05, 0.1) is 28.4 Å². The van der Waals surface area contributed by atoms with E-state index in [-0.39, 0.29) is 0 Å². The Kier molecular flexibility index (Phi) is 5.14. The molecule has 2 aliphatic heterocycles. The summed E-state index contributed by atoms with van der Waals surface area (Å²) in [5.74, 6) is -1.24. The van der Waals surface area contributed by atoms with Crippen molar-refractivity contribution >= 4 is 11.9 Å². The number of ether oxygens (including phenoxy) is 6. The summed E-state index contributed by atoms with van der Waals surface area (Å²) in [6, 6.07) is 9.61. The zero-order valence-corrected chi connectivity index (χ0v) is 17.4. The van der Waals surface area contributed by atoms with Gasteiger partial charge in [-0.25, -0.2) is 4.79 Å². The first-order valence-electron chi connectivity index (χ1n) is 9.46. The van der Waals surface area contributed by atoms with E-state index in [9.17, 15) is 14.7 Å². The Balaban J connectivity index is 1.74. The molecule has 4 atom stereocenters. The van der Waals surface area contributed by atoms with Gasteiger partial charge in [-0.3, -0.25) is 4.79 Å². The Hall–Kier alpha value is -3.46. The van der Waals surface area contributed by atoms with Crippen molar-refractivity contribution < 1.29 is 43.1 Å². The van der Waals surface area contributed by atoms with Crippen molar-refractivity contribution in [3.05, 3.63) is 47.5 Å². The van der Waals surface area contributed by atoms with Crippen LogP contribution in [-0.4, -0.2) is 51.1 Å². The maximum absolute atomic E-state index is 12.8. The lowest BCUT2D eigenvalue weighted by Gasteiger charge is -2.23. The topological polar surface area (TPSA) is 110 Å². The Morgan fingerprint density at radius 1 is 0.774 bits per heavy atom. The van der Waals surface area contributed by atoms with Gasteiger partial charge in [-0.05, 0) is 35.4 Å². The van der Waals surface area contributed by atoms with Crippen LogP contribution in [0.15, 0.2) is 36.4 Å². The predicted octanol–water partition coefficient (Wildman–Crippen LogP) is 1.96. The lowest BCUT2D eigenvalue weighted by Crippen LogP contribution is -2.43. The highest BCUT2D eigenvalue weighted by atomic mass is 16.6. The van der Waals surface area contributed by atoms with Gasteiger partial charge in [0.1, 0.15) is 12.0 Å². The number of aliphatic hydroxyl groups is 1. The molecule has 0 saturated carbocycles. The highest BCUT2D eigenvalue weighted by Gasteiger charge is 2.71. The number of methoxy groups -OCH3 is 4. The van der Waals surface area contributed by atoms with E-state index < -0.39 is 35.7 Å². The second kappa shape index (κ2) is 7.66. The van der Waals surface area contributed by atoms with E-state index >= 15 is 0 Å². The van der Waals surface area contributed by atoms with E-state index in [1.807, 2.05) is 0 Å². The standard InChI is InChI=1S/C22H22O9/c1-26-13-7-5-11(9-15(13)28-3)18-17-20(23)31-19(22(17,25)21(24)30-18)12-6-8-14(27-2)16(10-12)29-4/h5-10,17-19,25H,1-4H3/t17-,18-,19+,22+/m1/s1. The van der Waals surface area contributed by atoms with Gasteiger partial charge in [0, 0.05) is 0 Å². The van der Waals surface area contributed by atoms with Crippen LogP contribution in [0.2, 0.25) is 0 Å². The maximum Gasteiger partial charge on any atom is 0.344 e. The average Bonchev–Trinajstić information content (AvgIpc) is 3.22. The minimum atomic E-state index is -2.20. The number of rotatable bonds is 6. The first-order chi connectivity index (χ1) is 14.9. The third-order valence-electron chi connectivity index (χ3n) is 5.67. The van der Waals surface area contributed by atoms with Gasteiger partial charge in [-0.2, -0.15) is 0 Å². The zero-order chi connectivity index (χ0) is 22.3. The summed E-state index contributed by atoms with van der Waals surface area (Å²) in [7, 11) is 5.90. The van der Waals surface area contributed by atoms with E-state index in [4.69, 9.17) is 28.4 Å². The largest absolute Gasteiger partial charge is 0.493 e. The Bertz CT molecular complexity index is 1030. The van der Waals surface area contributed by atoms with Gasteiger partial charge in [0.25, 0.3) is 0 Å². The van der Waals surface area contributed by atoms with Crippen LogP contribution in [0, 0.1) is 5.92 Å². The lowest BCUT2D eigenvalue weighted by molar-refractivity contribution is -0.165. The number of benzene rings is 2. The molecule has 2 fully saturated rings. The van der Waals surface area contributed by atoms with Crippen LogP contribution in [0.3, 0.4) is 0 Å². The van der Waals surface area contributed by atoms with Gasteiger partial charge in [0.15, 0.2) is 29.1 Å². The molecule has 2 heterocycles. The molecule has 0 unspecified atom stereocenters. The quantitative estimate of drug-likeness (QED) is 0.688. The molecule has 9 nitrogen and oxygen atoms in total. The van der Waals surface area contributed by atoms with Crippen LogP contribution in [0.4, 0.5) is 0 Å². The smallest absolute Gasteiger partial charge is 0.344 e. The van der Waals surface area contributed by atoms with Gasteiger partial charge < -0.3 is 33.5 Å². The number of hydrogen-bond donors (Lipinski definition) is 1. The van der Waals surface area contributed by atoms with Crippen LogP contribution in [0.25, 0.3) is 0 Å². The molecule has 2 saturated heterocycles. The molecule has 0 amide bonds. The van der Waals surface area contributed by atoms with E-state index in [0.717, 1.165) is 0 Å². The molecule has 0 bridgehead atoms. The molecule has 0 spiro atoms. The first kappa shape index (κ1) is 20.8. The molecule has 0 radical (unpaired) electrons. The normalized spacial score (nSPS) is 26.7. The summed E-state index contributed by atoms with van der Waals surface area (Å²) in [5.41, 5.74) is -1.35. The van der Waals surface area contributed by atoms with Crippen molar-refractivity contribution in [1.82, 2.24) is 0 Å². The SMILES string of the molecule is COc1ccc([C@H]2OC(=O)[C@@]3(O)[C@H](c4ccc(OC)c(OC)c4)OC(=O)[C@@H]23)cc1OC. The summed E-state index contributed by atoms with van der Waals surface area (Å²) < 4.78 is 32.0. The zero-order valence-electron chi connectivity index (χ0n) is 17.4. The Morgan fingerprint density at radius 2 is 1.29 bits per heavy atom. The lowest BCUT2D eigenvalue weighted by atomic mass is 9.80. The van der Waals surface area contributed by atoms with Crippen LogP contribution in [-0.2, 0) is 19.1 Å². The number of esters is 2. The van der Waals surface area contributed by atoms with Crippen molar-refractivity contribution in [2.24, 2.45) is 5.92 Å². The molecule has 0 aromatic heterocycles. The summed E-state index contributed by atoms with van der Waals surface area (Å²) in [5, 5.41) is 11.4. The molecular formula is C22H22O9. The fourth-order valence-corrected chi connectivity index (χ4v) is 4.12. The van der Waals surface area contributed by atoms with Gasteiger partial charge in [-0.1, -0.05) is 12.1 Å². The molecule has 2 aromatic carbocycles. The number of fused-ring (bicyclic) bond motifs is 1. The van der Waals surface area contributed by atoms with Crippen LogP contribution >= 0.6 is 0 Å². The summed E-state index contributed by atoms with van der Waals surface area (Å²) in [6.45, 7) is 0. The number of carbonyl (C=O) groups excluding carboxylic acids is 2. The minimum Gasteiger partial charge on any atom is -0.493 e. The van der Waals surface area contributed by atoms with E-state index in [0.29, 0.717) is 34.1 Å². The monoisotopic (exact) mass is 430 g/mol. The number of cyclic esters (lactones) is 2. The highest BCUT2D eigenvalue weighted by Crippen LogP contribution is 2.55. The molecule has 2 aromatic rings. The minimum absolute atomic E-state index is 0.367. The van der Waals surface area contributed by atoms with Crippen molar-refractivity contribution in [3.63, 3.8) is 0 Å².